The van der Waals surface area contributed by atoms with E-state index < -0.39 is 5.97 Å². The molecular weight excluding hydrogens is 504 g/mol. The largest absolute Gasteiger partial charge is 0.497 e. The molecule has 0 aromatic heterocycles. The van der Waals surface area contributed by atoms with Gasteiger partial charge in [0, 0.05) is 11.1 Å². The molecular formula is C33H26N2O5. The molecule has 5 aromatic rings. The summed E-state index contributed by atoms with van der Waals surface area (Å²) >= 11 is 0. The quantitative estimate of drug-likeness (QED) is 0.103. The predicted octanol–water partition coefficient (Wildman–Crippen LogP) is 6.41. The summed E-state index contributed by atoms with van der Waals surface area (Å²) in [5, 5.41) is 5.92. The summed E-state index contributed by atoms with van der Waals surface area (Å²) in [7, 11) is 1.56. The molecule has 0 fully saturated rings. The smallest absolute Gasteiger partial charge is 0.343 e. The van der Waals surface area contributed by atoms with Crippen molar-refractivity contribution < 1.29 is 23.8 Å². The second kappa shape index (κ2) is 12.4. The first-order valence-corrected chi connectivity index (χ1v) is 12.6. The molecule has 0 heterocycles. The second-order valence-corrected chi connectivity index (χ2v) is 8.81. The maximum Gasteiger partial charge on any atom is 0.343 e. The van der Waals surface area contributed by atoms with Gasteiger partial charge in [-0.1, -0.05) is 60.7 Å². The fraction of sp³-hybridized carbons (Fsp3) is 0.0606. The van der Waals surface area contributed by atoms with Gasteiger partial charge in [-0.25, -0.2) is 10.2 Å². The number of fused-ring (bicyclic) bond motifs is 1. The van der Waals surface area contributed by atoms with Gasteiger partial charge in [-0.05, 0) is 70.9 Å². The van der Waals surface area contributed by atoms with Crippen LogP contribution in [0.25, 0.3) is 10.8 Å². The lowest BCUT2D eigenvalue weighted by molar-refractivity contribution is 0.0734. The number of hydrazone groups is 1. The molecule has 0 spiro atoms. The first-order valence-electron chi connectivity index (χ1n) is 12.6. The zero-order valence-electron chi connectivity index (χ0n) is 21.7. The Kier molecular flexibility index (Phi) is 8.12. The fourth-order valence-corrected chi connectivity index (χ4v) is 4.05. The maximum atomic E-state index is 12.8. The van der Waals surface area contributed by atoms with Gasteiger partial charge in [-0.2, -0.15) is 5.10 Å². The first kappa shape index (κ1) is 26.2. The second-order valence-electron chi connectivity index (χ2n) is 8.81. The Morgan fingerprint density at radius 2 is 1.43 bits per heavy atom. The number of esters is 1. The van der Waals surface area contributed by atoms with Crippen molar-refractivity contribution in [1.29, 1.82) is 0 Å². The molecule has 7 heteroatoms. The van der Waals surface area contributed by atoms with Gasteiger partial charge < -0.3 is 14.2 Å². The topological polar surface area (TPSA) is 86.2 Å². The van der Waals surface area contributed by atoms with E-state index in [2.05, 4.69) is 10.5 Å². The molecule has 0 saturated carbocycles. The van der Waals surface area contributed by atoms with Crippen molar-refractivity contribution in [2.45, 2.75) is 6.61 Å². The highest BCUT2D eigenvalue weighted by Crippen LogP contribution is 2.28. The third kappa shape index (κ3) is 6.34. The first-order chi connectivity index (χ1) is 19.6. The molecule has 0 saturated heterocycles. The van der Waals surface area contributed by atoms with Crippen molar-refractivity contribution in [3.05, 3.63) is 138 Å². The Labute approximate surface area is 231 Å². The molecule has 198 valence electrons. The zero-order valence-corrected chi connectivity index (χ0v) is 21.7. The number of nitrogens with zero attached hydrogens (tertiary/aromatic N) is 1. The van der Waals surface area contributed by atoms with Gasteiger partial charge >= 0.3 is 5.97 Å². The molecule has 0 unspecified atom stereocenters. The van der Waals surface area contributed by atoms with Gasteiger partial charge in [0.25, 0.3) is 5.91 Å². The Morgan fingerprint density at radius 1 is 0.750 bits per heavy atom. The van der Waals surface area contributed by atoms with Crippen molar-refractivity contribution in [3.63, 3.8) is 0 Å². The van der Waals surface area contributed by atoms with Crippen molar-refractivity contribution in [1.82, 2.24) is 5.43 Å². The van der Waals surface area contributed by atoms with Crippen molar-refractivity contribution >= 4 is 28.9 Å². The monoisotopic (exact) mass is 530 g/mol. The summed E-state index contributed by atoms with van der Waals surface area (Å²) in [4.78, 5) is 25.6. The Bertz CT molecular complexity index is 1650. The summed E-state index contributed by atoms with van der Waals surface area (Å²) in [5.41, 5.74) is 4.97. The summed E-state index contributed by atoms with van der Waals surface area (Å²) in [6, 6.07) is 34.5. The minimum absolute atomic E-state index is 0.317. The fourth-order valence-electron chi connectivity index (χ4n) is 4.05. The highest BCUT2D eigenvalue weighted by molar-refractivity contribution is 6.04. The van der Waals surface area contributed by atoms with Crippen LogP contribution in [0, 0.1) is 0 Å². The molecule has 5 rings (SSSR count). The van der Waals surface area contributed by atoms with Crippen LogP contribution in [-0.2, 0) is 6.61 Å². The van der Waals surface area contributed by atoms with E-state index in [0.717, 1.165) is 16.3 Å². The number of amides is 1. The van der Waals surface area contributed by atoms with Crippen LogP contribution in [0.15, 0.2) is 120 Å². The van der Waals surface area contributed by atoms with Crippen LogP contribution in [0.5, 0.6) is 17.2 Å². The normalized spacial score (nSPS) is 10.8. The SMILES string of the molecule is COc1ccc(C(=O)Oc2ccc3ccccc3c2C=NNC(=O)c2ccc(OCc3ccccc3)cc2)cc1. The molecule has 1 amide bonds. The van der Waals surface area contributed by atoms with Crippen molar-refractivity contribution in [2.24, 2.45) is 5.10 Å². The van der Waals surface area contributed by atoms with Gasteiger partial charge in [0.1, 0.15) is 23.9 Å². The molecule has 5 aromatic carbocycles. The van der Waals surface area contributed by atoms with Crippen LogP contribution in [0.2, 0.25) is 0 Å². The van der Waals surface area contributed by atoms with E-state index in [1.54, 1.807) is 61.7 Å². The number of rotatable bonds is 9. The minimum atomic E-state index is -0.522. The van der Waals surface area contributed by atoms with Gasteiger partial charge in [-0.15, -0.1) is 0 Å². The number of carbonyl (C=O) groups excluding carboxylic acids is 2. The van der Waals surface area contributed by atoms with E-state index in [-0.39, 0.29) is 5.91 Å². The number of carbonyl (C=O) groups is 2. The van der Waals surface area contributed by atoms with Crippen LogP contribution >= 0.6 is 0 Å². The van der Waals surface area contributed by atoms with E-state index in [1.807, 2.05) is 60.7 Å². The lowest BCUT2D eigenvalue weighted by Crippen LogP contribution is -2.17. The molecule has 0 aliphatic rings. The van der Waals surface area contributed by atoms with E-state index in [0.29, 0.717) is 40.5 Å². The Morgan fingerprint density at radius 3 is 2.17 bits per heavy atom. The molecule has 0 aliphatic heterocycles. The lowest BCUT2D eigenvalue weighted by atomic mass is 10.0. The lowest BCUT2D eigenvalue weighted by Gasteiger charge is -2.11. The summed E-state index contributed by atoms with van der Waals surface area (Å²) < 4.78 is 16.7. The standard InChI is InChI=1S/C33H26N2O5/c1-38-27-16-13-26(14-17-27)33(37)40-31-20-15-24-9-5-6-10-29(24)30(31)21-34-35-32(36)25-11-18-28(19-12-25)39-22-23-7-3-2-4-8-23/h2-21H,22H2,1H3,(H,35,36). The number of hydrogen-bond acceptors (Lipinski definition) is 6. The molecule has 1 N–H and O–H groups in total. The Hall–Kier alpha value is -5.43. The number of ether oxygens (including phenoxy) is 3. The minimum Gasteiger partial charge on any atom is -0.497 e. The molecule has 0 atom stereocenters. The predicted molar refractivity (Wildman–Crippen MR) is 154 cm³/mol. The molecule has 0 bridgehead atoms. The third-order valence-electron chi connectivity index (χ3n) is 6.18. The summed E-state index contributed by atoms with van der Waals surface area (Å²) in [6.45, 7) is 0.438. The van der Waals surface area contributed by atoms with E-state index in [1.165, 1.54) is 6.21 Å². The van der Waals surface area contributed by atoms with Gasteiger partial charge in [0.2, 0.25) is 0 Å². The highest BCUT2D eigenvalue weighted by Gasteiger charge is 2.14. The average molecular weight is 531 g/mol. The van der Waals surface area contributed by atoms with E-state index >= 15 is 0 Å². The van der Waals surface area contributed by atoms with Crippen LogP contribution in [0.4, 0.5) is 0 Å². The van der Waals surface area contributed by atoms with E-state index in [4.69, 9.17) is 14.2 Å². The molecule has 7 nitrogen and oxygen atoms in total. The van der Waals surface area contributed by atoms with Crippen molar-refractivity contribution in [3.8, 4) is 17.2 Å². The highest BCUT2D eigenvalue weighted by atomic mass is 16.5. The van der Waals surface area contributed by atoms with E-state index in [9.17, 15) is 9.59 Å². The van der Waals surface area contributed by atoms with Crippen LogP contribution in [0.3, 0.4) is 0 Å². The average Bonchev–Trinajstić information content (AvgIpc) is 3.01. The number of hydrogen-bond donors (Lipinski definition) is 1. The molecule has 0 aliphatic carbocycles. The van der Waals surface area contributed by atoms with Gasteiger partial charge in [0.05, 0.1) is 18.9 Å². The molecule has 0 radical (unpaired) electrons. The van der Waals surface area contributed by atoms with Crippen LogP contribution in [-0.4, -0.2) is 25.2 Å². The number of benzene rings is 5. The third-order valence-corrected chi connectivity index (χ3v) is 6.18. The van der Waals surface area contributed by atoms with Crippen LogP contribution in [0.1, 0.15) is 31.8 Å². The maximum absolute atomic E-state index is 12.8. The van der Waals surface area contributed by atoms with Crippen molar-refractivity contribution in [2.75, 3.05) is 7.11 Å². The van der Waals surface area contributed by atoms with Gasteiger partial charge in [-0.3, -0.25) is 4.79 Å². The van der Waals surface area contributed by atoms with Gasteiger partial charge in [0.15, 0.2) is 0 Å². The summed E-state index contributed by atoms with van der Waals surface area (Å²) in [6.07, 6.45) is 1.48. The number of methoxy groups -OCH3 is 1. The zero-order chi connectivity index (χ0) is 27.7. The number of nitrogens with one attached hydrogen (secondary N) is 1. The Balaban J connectivity index is 1.29. The molecule has 40 heavy (non-hydrogen) atoms. The summed E-state index contributed by atoms with van der Waals surface area (Å²) in [5.74, 6) is 0.703. The van der Waals surface area contributed by atoms with Crippen LogP contribution < -0.4 is 19.6 Å².